The molecule has 1 aliphatic heterocycles. The molecule has 7 heteroatoms. The van der Waals surface area contributed by atoms with Crippen LogP contribution in [0.3, 0.4) is 0 Å². The normalized spacial score (nSPS) is 20.4. The summed E-state index contributed by atoms with van der Waals surface area (Å²) in [7, 11) is 1.96. The van der Waals surface area contributed by atoms with E-state index in [4.69, 9.17) is 5.11 Å². The molecule has 0 saturated carbocycles. The number of aliphatic hydroxyl groups excluding tert-OH is 1. The van der Waals surface area contributed by atoms with Crippen molar-refractivity contribution < 1.29 is 14.3 Å². The van der Waals surface area contributed by atoms with Crippen molar-refractivity contribution in [3.63, 3.8) is 0 Å². The predicted octanol–water partition coefficient (Wildman–Crippen LogP) is 1.54. The van der Waals surface area contributed by atoms with Gasteiger partial charge in [-0.05, 0) is 32.5 Å². The summed E-state index contributed by atoms with van der Waals surface area (Å²) in [6.45, 7) is 3.36. The summed E-state index contributed by atoms with van der Waals surface area (Å²) in [4.78, 5) is 16.7. The first kappa shape index (κ1) is 17.6. The molecular weight excluding hydrogens is 323 g/mol. The maximum Gasteiger partial charge on any atom is 0.257 e. The van der Waals surface area contributed by atoms with Gasteiger partial charge in [-0.3, -0.25) is 9.69 Å². The van der Waals surface area contributed by atoms with E-state index in [1.807, 2.05) is 18.9 Å². The number of aliphatic hydroxyl groups is 1. The molecular formula is C18H23FN4O2. The van der Waals surface area contributed by atoms with Crippen molar-refractivity contribution >= 4 is 5.91 Å². The third-order valence-corrected chi connectivity index (χ3v) is 4.92. The van der Waals surface area contributed by atoms with Gasteiger partial charge in [0.05, 0.1) is 18.4 Å². The Hall–Kier alpha value is -2.25. The van der Waals surface area contributed by atoms with E-state index in [9.17, 15) is 9.18 Å². The summed E-state index contributed by atoms with van der Waals surface area (Å²) in [6, 6.07) is 6.59. The highest BCUT2D eigenvalue weighted by atomic mass is 19.1. The molecule has 0 aliphatic carbocycles. The molecule has 1 amide bonds. The molecule has 2 heterocycles. The van der Waals surface area contributed by atoms with E-state index < -0.39 is 0 Å². The van der Waals surface area contributed by atoms with Crippen LogP contribution in [0.4, 0.5) is 4.39 Å². The molecule has 2 atom stereocenters. The number of hydrogen-bond acceptors (Lipinski definition) is 4. The number of hydrogen-bond donors (Lipinski definition) is 1. The van der Waals surface area contributed by atoms with Gasteiger partial charge in [0.25, 0.3) is 5.91 Å². The molecule has 2 aromatic rings. The van der Waals surface area contributed by atoms with Crippen LogP contribution in [0.25, 0.3) is 5.69 Å². The third-order valence-electron chi connectivity index (χ3n) is 4.92. The van der Waals surface area contributed by atoms with Gasteiger partial charge in [0, 0.05) is 31.4 Å². The van der Waals surface area contributed by atoms with Gasteiger partial charge >= 0.3 is 0 Å². The summed E-state index contributed by atoms with van der Waals surface area (Å²) in [5, 5.41) is 13.2. The Morgan fingerprint density at radius 3 is 2.92 bits per heavy atom. The largest absolute Gasteiger partial charge is 0.395 e. The lowest BCUT2D eigenvalue weighted by atomic mass is 10.1. The molecule has 6 nitrogen and oxygen atoms in total. The fraction of sp³-hybridized carbons (Fsp3) is 0.444. The van der Waals surface area contributed by atoms with Crippen LogP contribution in [0.5, 0.6) is 0 Å². The van der Waals surface area contributed by atoms with Gasteiger partial charge in [-0.15, -0.1) is 0 Å². The fourth-order valence-electron chi connectivity index (χ4n) is 3.49. The maximum atomic E-state index is 13.9. The van der Waals surface area contributed by atoms with Crippen LogP contribution in [0.15, 0.2) is 36.7 Å². The molecule has 1 saturated heterocycles. The number of aromatic nitrogens is 2. The second-order valence-corrected chi connectivity index (χ2v) is 6.42. The number of benzene rings is 1. The highest BCUT2D eigenvalue weighted by Crippen LogP contribution is 2.24. The van der Waals surface area contributed by atoms with Crippen LogP contribution < -0.4 is 0 Å². The van der Waals surface area contributed by atoms with Crippen LogP contribution in [0.2, 0.25) is 0 Å². The van der Waals surface area contributed by atoms with Gasteiger partial charge < -0.3 is 10.0 Å². The van der Waals surface area contributed by atoms with E-state index in [2.05, 4.69) is 10.00 Å². The topological polar surface area (TPSA) is 61.6 Å². The van der Waals surface area contributed by atoms with Crippen molar-refractivity contribution in [1.29, 1.82) is 0 Å². The van der Waals surface area contributed by atoms with Crippen molar-refractivity contribution in [2.45, 2.75) is 25.4 Å². The number of carbonyl (C=O) groups excluding carboxylic acids is 1. The Balaban J connectivity index is 1.75. The molecule has 3 rings (SSSR count). The van der Waals surface area contributed by atoms with Crippen molar-refractivity contribution in [2.24, 2.45) is 0 Å². The summed E-state index contributed by atoms with van der Waals surface area (Å²) in [5.74, 6) is -0.486. The zero-order valence-electron chi connectivity index (χ0n) is 14.5. The highest BCUT2D eigenvalue weighted by Gasteiger charge is 2.36. The molecule has 1 N–H and O–H groups in total. The predicted molar refractivity (Wildman–Crippen MR) is 92.1 cm³/mol. The first-order chi connectivity index (χ1) is 12.0. The van der Waals surface area contributed by atoms with Crippen LogP contribution in [-0.2, 0) is 0 Å². The van der Waals surface area contributed by atoms with E-state index in [0.717, 1.165) is 6.42 Å². The number of halogens is 1. The van der Waals surface area contributed by atoms with Crippen LogP contribution in [-0.4, -0.2) is 69.4 Å². The number of rotatable bonds is 5. The van der Waals surface area contributed by atoms with Crippen molar-refractivity contribution in [1.82, 2.24) is 19.6 Å². The smallest absolute Gasteiger partial charge is 0.257 e. The van der Waals surface area contributed by atoms with Crippen molar-refractivity contribution in [3.05, 3.63) is 48.0 Å². The first-order valence-electron chi connectivity index (χ1n) is 8.44. The number of amides is 1. The molecule has 0 bridgehead atoms. The zero-order valence-corrected chi connectivity index (χ0v) is 14.5. The van der Waals surface area contributed by atoms with Crippen LogP contribution >= 0.6 is 0 Å². The fourth-order valence-corrected chi connectivity index (χ4v) is 3.49. The van der Waals surface area contributed by atoms with Gasteiger partial charge in [-0.1, -0.05) is 12.1 Å². The van der Waals surface area contributed by atoms with Crippen LogP contribution in [0, 0.1) is 5.82 Å². The summed E-state index contributed by atoms with van der Waals surface area (Å²) in [5.41, 5.74) is 0.761. The maximum absolute atomic E-state index is 13.9. The standard InChI is InChI=1S/C18H23FN4O2/c1-13-16(21(2)9-10-24)7-8-22(13)18(25)14-11-20-23(12-14)17-6-4-3-5-15(17)19/h3-6,11-13,16,24H,7-10H2,1-2H3/t13-,16-/m1/s1. The zero-order chi connectivity index (χ0) is 18.0. The summed E-state index contributed by atoms with van der Waals surface area (Å²) in [6.07, 6.45) is 3.91. The number of carbonyl (C=O) groups is 1. The quantitative estimate of drug-likeness (QED) is 0.892. The van der Waals surface area contributed by atoms with Crippen LogP contribution in [0.1, 0.15) is 23.7 Å². The third kappa shape index (κ3) is 3.43. The first-order valence-corrected chi connectivity index (χ1v) is 8.44. The number of likely N-dealkylation sites (N-methyl/N-ethyl adjacent to an activating group) is 1. The monoisotopic (exact) mass is 346 g/mol. The van der Waals surface area contributed by atoms with Gasteiger partial charge in [0.2, 0.25) is 0 Å². The minimum atomic E-state index is -0.384. The minimum Gasteiger partial charge on any atom is -0.395 e. The Morgan fingerprint density at radius 1 is 1.44 bits per heavy atom. The second kappa shape index (κ2) is 7.33. The van der Waals surface area contributed by atoms with Gasteiger partial charge in [0.15, 0.2) is 0 Å². The number of nitrogens with zero attached hydrogens (tertiary/aromatic N) is 4. The van der Waals surface area contributed by atoms with Gasteiger partial charge in [-0.2, -0.15) is 5.10 Å². The van der Waals surface area contributed by atoms with Gasteiger partial charge in [0.1, 0.15) is 11.5 Å². The second-order valence-electron chi connectivity index (χ2n) is 6.42. The Kier molecular flexibility index (Phi) is 5.15. The summed E-state index contributed by atoms with van der Waals surface area (Å²) >= 11 is 0. The Bertz CT molecular complexity index is 748. The van der Waals surface area contributed by atoms with E-state index >= 15 is 0 Å². The highest BCUT2D eigenvalue weighted by molar-refractivity contribution is 5.94. The van der Waals surface area contributed by atoms with E-state index in [1.54, 1.807) is 24.4 Å². The lowest BCUT2D eigenvalue weighted by molar-refractivity contribution is 0.0706. The number of para-hydroxylation sites is 1. The van der Waals surface area contributed by atoms with Gasteiger partial charge in [-0.25, -0.2) is 9.07 Å². The molecule has 1 aliphatic rings. The Labute approximate surface area is 146 Å². The van der Waals surface area contributed by atoms with Crippen molar-refractivity contribution in [3.8, 4) is 5.69 Å². The lowest BCUT2D eigenvalue weighted by Crippen LogP contribution is -2.44. The molecule has 0 unspecified atom stereocenters. The average Bonchev–Trinajstić information content (AvgIpc) is 3.22. The molecule has 25 heavy (non-hydrogen) atoms. The molecule has 1 aromatic carbocycles. The Morgan fingerprint density at radius 2 is 2.20 bits per heavy atom. The lowest BCUT2D eigenvalue weighted by Gasteiger charge is -2.30. The SMILES string of the molecule is C[C@@H]1[C@H](N(C)CCO)CCN1C(=O)c1cnn(-c2ccccc2F)c1. The van der Waals surface area contributed by atoms with E-state index in [1.165, 1.54) is 16.9 Å². The molecule has 1 fully saturated rings. The summed E-state index contributed by atoms with van der Waals surface area (Å²) < 4.78 is 15.3. The van der Waals surface area contributed by atoms with E-state index in [0.29, 0.717) is 24.3 Å². The molecule has 0 spiro atoms. The average molecular weight is 346 g/mol. The minimum absolute atomic E-state index is 0.0425. The molecule has 1 aromatic heterocycles. The van der Waals surface area contributed by atoms with E-state index in [-0.39, 0.29) is 30.4 Å². The molecule has 0 radical (unpaired) electrons. The molecule has 134 valence electrons. The number of likely N-dealkylation sites (tertiary alicyclic amines) is 1. The van der Waals surface area contributed by atoms with Crippen molar-refractivity contribution in [2.75, 3.05) is 26.7 Å².